The number of rotatable bonds is 6. The number of imidazole rings is 1. The molecule has 2 N–H and O–H groups in total. The van der Waals surface area contributed by atoms with Crippen LogP contribution in [0.4, 0.5) is 5.00 Å². The van der Waals surface area contributed by atoms with Gasteiger partial charge in [0.15, 0.2) is 6.61 Å². The first-order chi connectivity index (χ1) is 17.4. The molecule has 4 aromatic rings. The number of hydrogen-bond donors (Lipinski definition) is 2. The molecule has 1 atom stereocenters. The first-order valence-corrected chi connectivity index (χ1v) is 12.4. The normalized spacial score (nSPS) is 14.6. The number of fused-ring (bicyclic) bond motifs is 2. The number of anilines is 1. The van der Waals surface area contributed by atoms with E-state index in [0.717, 1.165) is 41.0 Å². The minimum atomic E-state index is -0.618. The second-order valence-corrected chi connectivity index (χ2v) is 9.94. The lowest BCUT2D eigenvalue weighted by Crippen LogP contribution is -2.20. The molecule has 5 rings (SSSR count). The van der Waals surface area contributed by atoms with Gasteiger partial charge in [0, 0.05) is 10.4 Å². The van der Waals surface area contributed by atoms with Gasteiger partial charge in [-0.3, -0.25) is 4.79 Å². The number of nitrogens with one attached hydrogen (secondary N) is 2. The molecular formula is C27H24N4O4S. The van der Waals surface area contributed by atoms with Gasteiger partial charge >= 0.3 is 5.97 Å². The number of aromatic amines is 1. The second-order valence-electron chi connectivity index (χ2n) is 8.84. The summed E-state index contributed by atoms with van der Waals surface area (Å²) in [6, 6.07) is 14.7. The summed E-state index contributed by atoms with van der Waals surface area (Å²) >= 11 is 1.44. The zero-order valence-electron chi connectivity index (χ0n) is 19.9. The van der Waals surface area contributed by atoms with Gasteiger partial charge in [-0.25, -0.2) is 9.78 Å². The lowest BCUT2D eigenvalue weighted by molar-refractivity contribution is -0.119. The summed E-state index contributed by atoms with van der Waals surface area (Å²) in [6.07, 6.45) is 2.79. The molecule has 1 aliphatic carbocycles. The molecule has 0 aliphatic heterocycles. The highest BCUT2D eigenvalue weighted by Crippen LogP contribution is 2.39. The Balaban J connectivity index is 1.24. The van der Waals surface area contributed by atoms with Crippen LogP contribution in [0, 0.1) is 17.2 Å². The van der Waals surface area contributed by atoms with E-state index in [4.69, 9.17) is 9.47 Å². The van der Waals surface area contributed by atoms with Gasteiger partial charge in [-0.2, -0.15) is 5.26 Å². The number of amides is 1. The summed E-state index contributed by atoms with van der Waals surface area (Å²) in [7, 11) is 1.61. The molecule has 1 amide bonds. The molecule has 1 aliphatic rings. The Morgan fingerprint density at radius 3 is 2.81 bits per heavy atom. The highest BCUT2D eigenvalue weighted by Gasteiger charge is 2.25. The van der Waals surface area contributed by atoms with Crippen molar-refractivity contribution in [1.29, 1.82) is 5.26 Å². The molecule has 9 heteroatoms. The van der Waals surface area contributed by atoms with Crippen molar-refractivity contribution in [1.82, 2.24) is 9.97 Å². The molecule has 0 radical (unpaired) electrons. The van der Waals surface area contributed by atoms with E-state index < -0.39 is 18.5 Å². The average molecular weight is 501 g/mol. The van der Waals surface area contributed by atoms with Crippen LogP contribution < -0.4 is 10.1 Å². The summed E-state index contributed by atoms with van der Waals surface area (Å²) in [6.45, 7) is 1.74. The van der Waals surface area contributed by atoms with Crippen molar-refractivity contribution in [3.8, 4) is 23.2 Å². The molecule has 0 bridgehead atoms. The Morgan fingerprint density at radius 2 is 2.06 bits per heavy atom. The fraction of sp³-hybridized carbons (Fsp3) is 0.259. The lowest BCUT2D eigenvalue weighted by Gasteiger charge is -2.17. The van der Waals surface area contributed by atoms with Crippen molar-refractivity contribution in [2.75, 3.05) is 19.0 Å². The third-order valence-corrected chi connectivity index (χ3v) is 7.46. The molecule has 8 nitrogen and oxygen atoms in total. The van der Waals surface area contributed by atoms with E-state index in [1.54, 1.807) is 25.3 Å². The number of methoxy groups -OCH3 is 1. The van der Waals surface area contributed by atoms with Crippen LogP contribution >= 0.6 is 11.3 Å². The molecule has 2 aromatic carbocycles. The summed E-state index contributed by atoms with van der Waals surface area (Å²) in [5, 5.41) is 12.9. The number of carbonyl (C=O) groups excluding carboxylic acids is 2. The highest BCUT2D eigenvalue weighted by molar-refractivity contribution is 7.16. The van der Waals surface area contributed by atoms with Crippen molar-refractivity contribution in [3.05, 3.63) is 64.0 Å². The molecule has 0 saturated carbocycles. The van der Waals surface area contributed by atoms with Gasteiger partial charge in [0.25, 0.3) is 5.91 Å². The maximum Gasteiger partial charge on any atom is 0.338 e. The summed E-state index contributed by atoms with van der Waals surface area (Å²) in [5.74, 6) is 0.884. The van der Waals surface area contributed by atoms with E-state index in [2.05, 4.69) is 28.3 Å². The van der Waals surface area contributed by atoms with Gasteiger partial charge in [-0.15, -0.1) is 11.3 Å². The van der Waals surface area contributed by atoms with Crippen molar-refractivity contribution in [3.63, 3.8) is 0 Å². The largest absolute Gasteiger partial charge is 0.497 e. The van der Waals surface area contributed by atoms with Crippen LogP contribution in [-0.2, 0) is 22.4 Å². The number of hydrogen-bond acceptors (Lipinski definition) is 7. The Hall–Kier alpha value is -4.16. The number of carbonyl (C=O) groups is 2. The van der Waals surface area contributed by atoms with Crippen LogP contribution in [0.1, 0.15) is 39.7 Å². The Morgan fingerprint density at radius 1 is 1.25 bits per heavy atom. The molecular weight excluding hydrogens is 476 g/mol. The number of H-pyrrole nitrogens is 1. The third kappa shape index (κ3) is 4.68. The smallest absolute Gasteiger partial charge is 0.338 e. The molecule has 0 fully saturated rings. The fourth-order valence-corrected chi connectivity index (χ4v) is 5.73. The Bertz CT molecular complexity index is 1500. The van der Waals surface area contributed by atoms with E-state index in [1.165, 1.54) is 11.3 Å². The van der Waals surface area contributed by atoms with Crippen LogP contribution in [0.2, 0.25) is 0 Å². The molecule has 2 aromatic heterocycles. The Labute approximate surface area is 211 Å². The van der Waals surface area contributed by atoms with E-state index in [-0.39, 0.29) is 0 Å². The van der Waals surface area contributed by atoms with E-state index in [9.17, 15) is 14.9 Å². The summed E-state index contributed by atoms with van der Waals surface area (Å²) in [5.41, 5.74) is 4.13. The third-order valence-electron chi connectivity index (χ3n) is 6.29. The van der Waals surface area contributed by atoms with E-state index in [0.29, 0.717) is 38.9 Å². The SMILES string of the molecule is COc1ccc(-c2nc3ccc(C(=O)OCC(=O)Nc4sc5c(c4C#N)CCC(C)C5)cc3[nH]2)cc1. The predicted octanol–water partition coefficient (Wildman–Crippen LogP) is 5.09. The fourth-order valence-electron chi connectivity index (χ4n) is 4.36. The number of esters is 1. The number of aromatic nitrogens is 2. The molecule has 0 saturated heterocycles. The standard InChI is InChI=1S/C27H24N4O4S/c1-15-3-9-19-20(13-28)26(36-23(19)11-15)31-24(32)14-35-27(33)17-6-10-21-22(12-17)30-25(29-21)16-4-7-18(34-2)8-5-16/h4-8,10,12,15H,3,9,11,14H2,1-2H3,(H,29,30)(H,31,32). The highest BCUT2D eigenvalue weighted by atomic mass is 32.1. The molecule has 182 valence electrons. The second kappa shape index (κ2) is 9.84. The van der Waals surface area contributed by atoms with Crippen LogP contribution in [0.25, 0.3) is 22.4 Å². The van der Waals surface area contributed by atoms with Crippen molar-refractivity contribution >= 4 is 39.2 Å². The lowest BCUT2D eigenvalue weighted by atomic mass is 9.89. The minimum absolute atomic E-state index is 0.304. The number of nitrogens with zero attached hydrogens (tertiary/aromatic N) is 2. The average Bonchev–Trinajstić information content (AvgIpc) is 3.47. The molecule has 2 heterocycles. The Kier molecular flexibility index (Phi) is 6.44. The zero-order chi connectivity index (χ0) is 25.2. The van der Waals surface area contributed by atoms with Crippen LogP contribution in [0.5, 0.6) is 5.75 Å². The van der Waals surface area contributed by atoms with E-state index in [1.807, 2.05) is 24.3 Å². The topological polar surface area (TPSA) is 117 Å². The van der Waals surface area contributed by atoms with Gasteiger partial charge in [0.05, 0.1) is 29.3 Å². The first-order valence-electron chi connectivity index (χ1n) is 11.6. The number of thiophene rings is 1. The minimum Gasteiger partial charge on any atom is -0.497 e. The summed E-state index contributed by atoms with van der Waals surface area (Å²) in [4.78, 5) is 34.0. The summed E-state index contributed by atoms with van der Waals surface area (Å²) < 4.78 is 10.4. The van der Waals surface area contributed by atoms with Crippen molar-refractivity contribution < 1.29 is 19.1 Å². The molecule has 36 heavy (non-hydrogen) atoms. The molecule has 0 spiro atoms. The maximum atomic E-state index is 12.6. The van der Waals surface area contributed by atoms with Crippen LogP contribution in [0.15, 0.2) is 42.5 Å². The van der Waals surface area contributed by atoms with Gasteiger partial charge in [-0.1, -0.05) is 6.92 Å². The van der Waals surface area contributed by atoms with Gasteiger partial charge in [0.1, 0.15) is 22.6 Å². The van der Waals surface area contributed by atoms with Gasteiger partial charge in [-0.05, 0) is 73.2 Å². The quantitative estimate of drug-likeness (QED) is 0.356. The van der Waals surface area contributed by atoms with Gasteiger partial charge < -0.3 is 19.8 Å². The first kappa shape index (κ1) is 23.6. The van der Waals surface area contributed by atoms with Crippen molar-refractivity contribution in [2.24, 2.45) is 5.92 Å². The van der Waals surface area contributed by atoms with Crippen molar-refractivity contribution in [2.45, 2.75) is 26.2 Å². The number of nitriles is 1. The van der Waals surface area contributed by atoms with Crippen LogP contribution in [0.3, 0.4) is 0 Å². The zero-order valence-corrected chi connectivity index (χ0v) is 20.7. The molecule has 1 unspecified atom stereocenters. The number of ether oxygens (including phenoxy) is 2. The van der Waals surface area contributed by atoms with E-state index >= 15 is 0 Å². The van der Waals surface area contributed by atoms with Crippen LogP contribution in [-0.4, -0.2) is 35.6 Å². The maximum absolute atomic E-state index is 12.6. The van der Waals surface area contributed by atoms with Gasteiger partial charge in [0.2, 0.25) is 0 Å². The monoisotopic (exact) mass is 500 g/mol. The predicted molar refractivity (Wildman–Crippen MR) is 137 cm³/mol. The number of benzene rings is 2.